The van der Waals surface area contributed by atoms with Crippen molar-refractivity contribution in [2.24, 2.45) is 0 Å². The van der Waals surface area contributed by atoms with Crippen molar-refractivity contribution in [2.45, 2.75) is 143 Å². The summed E-state index contributed by atoms with van der Waals surface area (Å²) >= 11 is 0. The van der Waals surface area contributed by atoms with Crippen LogP contribution in [-0.2, 0) is 13.7 Å². The number of benzene rings is 1. The second kappa shape index (κ2) is 10.1. The Morgan fingerprint density at radius 2 is 1.17 bits per heavy atom. The molecule has 0 spiro atoms. The van der Waals surface area contributed by atoms with Gasteiger partial charge in [0.1, 0.15) is 17.6 Å². The largest absolute Gasteiger partial charge is 0.543 e. The van der Waals surface area contributed by atoms with Crippen molar-refractivity contribution in [1.29, 1.82) is 0 Å². The summed E-state index contributed by atoms with van der Waals surface area (Å²) in [5, 5.41) is 0.217. The number of hydrogen-bond donors (Lipinski definition) is 0. The lowest BCUT2D eigenvalue weighted by Crippen LogP contribution is -2.46. The Bertz CT molecular complexity index is 899. The van der Waals surface area contributed by atoms with Crippen molar-refractivity contribution in [3.8, 4) is 11.5 Å². The molecule has 2 rings (SSSR count). The van der Waals surface area contributed by atoms with Crippen molar-refractivity contribution in [2.75, 3.05) is 0 Å². The van der Waals surface area contributed by atoms with Crippen LogP contribution in [0.2, 0.25) is 36.3 Å². The molecule has 2 atom stereocenters. The Balaban J connectivity index is 2.39. The van der Waals surface area contributed by atoms with Crippen LogP contribution in [0.3, 0.4) is 0 Å². The van der Waals surface area contributed by atoms with Crippen molar-refractivity contribution < 1.29 is 22.9 Å². The Hall–Kier alpha value is -0.801. The normalized spacial score (nSPS) is 20.3. The summed E-state index contributed by atoms with van der Waals surface area (Å²) < 4.78 is 32.6. The first kappa shape index (κ1) is 31.4. The molecule has 1 aliphatic rings. The first-order valence-electron chi connectivity index (χ1n) is 13.4. The van der Waals surface area contributed by atoms with Gasteiger partial charge in [-0.2, -0.15) is 0 Å². The second-order valence-electron chi connectivity index (χ2n) is 14.6. The highest BCUT2D eigenvalue weighted by molar-refractivity contribution is 6.75. The summed E-state index contributed by atoms with van der Waals surface area (Å²) in [6.45, 7) is 35.1. The summed E-state index contributed by atoms with van der Waals surface area (Å²) in [6, 6.07) is 6.08. The summed E-state index contributed by atoms with van der Waals surface area (Å²) in [6.07, 6.45) is -0.176. The lowest BCUT2D eigenvalue weighted by atomic mass is 9.79. The Kier molecular flexibility index (Phi) is 8.78. The molecular weight excluding hydrogens is 483 g/mol. The van der Waals surface area contributed by atoms with Crippen LogP contribution in [0.4, 0.5) is 0 Å². The lowest BCUT2D eigenvalue weighted by Gasteiger charge is -2.39. The van der Waals surface area contributed by atoms with E-state index in [1.807, 2.05) is 12.1 Å². The molecular formula is C28H53BO5Si2. The van der Waals surface area contributed by atoms with Gasteiger partial charge in [0, 0.05) is 6.07 Å². The van der Waals surface area contributed by atoms with Gasteiger partial charge in [-0.25, -0.2) is 0 Å². The summed E-state index contributed by atoms with van der Waals surface area (Å²) in [5.74, 6) is 1.54. The molecule has 36 heavy (non-hydrogen) atoms. The number of hydrogen-bond acceptors (Lipinski definition) is 5. The molecule has 0 bridgehead atoms. The van der Waals surface area contributed by atoms with Crippen LogP contribution in [0.15, 0.2) is 18.2 Å². The van der Waals surface area contributed by atoms with E-state index in [1.54, 1.807) is 0 Å². The summed E-state index contributed by atoms with van der Waals surface area (Å²) in [5.41, 5.74) is 0.0618. The van der Waals surface area contributed by atoms with E-state index in [-0.39, 0.29) is 22.3 Å². The molecule has 0 aliphatic carbocycles. The van der Waals surface area contributed by atoms with E-state index in [4.69, 9.17) is 22.9 Å². The number of rotatable bonds is 8. The van der Waals surface area contributed by atoms with Crippen molar-refractivity contribution >= 4 is 29.2 Å². The predicted molar refractivity (Wildman–Crippen MR) is 158 cm³/mol. The van der Waals surface area contributed by atoms with Crippen LogP contribution >= 0.6 is 0 Å². The molecule has 1 aromatic carbocycles. The number of ether oxygens (including phenoxy) is 1. The maximum absolute atomic E-state index is 6.70. The van der Waals surface area contributed by atoms with Gasteiger partial charge in [0.25, 0.3) is 0 Å². The molecule has 206 valence electrons. The molecule has 0 aromatic heterocycles. The van der Waals surface area contributed by atoms with Crippen LogP contribution < -0.4 is 14.6 Å². The first-order chi connectivity index (χ1) is 15.9. The highest BCUT2D eigenvalue weighted by Gasteiger charge is 2.52. The van der Waals surface area contributed by atoms with Crippen LogP contribution in [-0.4, -0.2) is 47.2 Å². The van der Waals surface area contributed by atoms with E-state index in [9.17, 15) is 0 Å². The highest BCUT2D eigenvalue weighted by Crippen LogP contribution is 2.40. The Morgan fingerprint density at radius 3 is 1.61 bits per heavy atom. The van der Waals surface area contributed by atoms with Gasteiger partial charge in [-0.3, -0.25) is 0 Å². The molecule has 2 unspecified atom stereocenters. The average Bonchev–Trinajstić information content (AvgIpc) is 2.86. The van der Waals surface area contributed by atoms with Crippen LogP contribution in [0, 0.1) is 0 Å². The van der Waals surface area contributed by atoms with Gasteiger partial charge in [-0.05, 0) is 95.4 Å². The van der Waals surface area contributed by atoms with Gasteiger partial charge in [-0.1, -0.05) is 41.5 Å². The average molecular weight is 537 g/mol. The van der Waals surface area contributed by atoms with Gasteiger partial charge in [0.05, 0.1) is 17.3 Å². The van der Waals surface area contributed by atoms with Crippen molar-refractivity contribution in [3.63, 3.8) is 0 Å². The van der Waals surface area contributed by atoms with Crippen molar-refractivity contribution in [1.82, 2.24) is 0 Å². The van der Waals surface area contributed by atoms with E-state index in [0.717, 1.165) is 17.0 Å². The minimum Gasteiger partial charge on any atom is -0.543 e. The summed E-state index contributed by atoms with van der Waals surface area (Å²) in [4.78, 5) is 0. The maximum atomic E-state index is 6.70. The molecule has 1 aromatic rings. The molecule has 0 saturated carbocycles. The fourth-order valence-corrected chi connectivity index (χ4v) is 5.82. The van der Waals surface area contributed by atoms with Gasteiger partial charge in [-0.15, -0.1) is 0 Å². The Morgan fingerprint density at radius 1 is 0.722 bits per heavy atom. The maximum Gasteiger partial charge on any atom is 0.495 e. The zero-order chi connectivity index (χ0) is 28.1. The second-order valence-corrected chi connectivity index (χ2v) is 24.1. The molecule has 1 saturated heterocycles. The van der Waals surface area contributed by atoms with Gasteiger partial charge >= 0.3 is 7.12 Å². The van der Waals surface area contributed by atoms with E-state index >= 15 is 0 Å². The van der Waals surface area contributed by atoms with Gasteiger partial charge in [0.15, 0.2) is 8.32 Å². The van der Waals surface area contributed by atoms with Crippen LogP contribution in [0.1, 0.15) is 83.1 Å². The quantitative estimate of drug-likeness (QED) is 0.321. The first-order valence-corrected chi connectivity index (χ1v) is 19.2. The predicted octanol–water partition coefficient (Wildman–Crippen LogP) is 7.55. The molecule has 0 N–H and O–H groups in total. The molecule has 1 fully saturated rings. The Labute approximate surface area is 224 Å². The minimum absolute atomic E-state index is 0.0452. The molecule has 1 heterocycles. The van der Waals surface area contributed by atoms with E-state index in [0.29, 0.717) is 0 Å². The summed E-state index contributed by atoms with van der Waals surface area (Å²) in [7, 11) is -4.46. The van der Waals surface area contributed by atoms with E-state index in [2.05, 4.69) is 115 Å². The SMILES string of the molecule is CC(Oc1cc(O[Si](C)(C)C(C)(C)C)cc(B2OC(C)(C)C(C)(C)O2)c1)C(C)O[Si](C)(C)C(C)(C)C. The fourth-order valence-electron chi connectivity index (χ4n) is 3.33. The fraction of sp³-hybridized carbons (Fsp3) is 0.786. The minimum atomic E-state index is -2.06. The van der Waals surface area contributed by atoms with Gasteiger partial charge in [0.2, 0.25) is 8.32 Å². The zero-order valence-electron chi connectivity index (χ0n) is 26.0. The smallest absolute Gasteiger partial charge is 0.495 e. The molecule has 0 amide bonds. The molecule has 0 radical (unpaired) electrons. The third-order valence-corrected chi connectivity index (χ3v) is 17.8. The van der Waals surface area contributed by atoms with Crippen molar-refractivity contribution in [3.05, 3.63) is 18.2 Å². The van der Waals surface area contributed by atoms with Gasteiger partial charge < -0.3 is 22.9 Å². The molecule has 5 nitrogen and oxygen atoms in total. The third-order valence-electron chi connectivity index (χ3n) is 8.88. The van der Waals surface area contributed by atoms with Crippen LogP contribution in [0.5, 0.6) is 11.5 Å². The zero-order valence-corrected chi connectivity index (χ0v) is 28.0. The highest BCUT2D eigenvalue weighted by atomic mass is 28.4. The molecule has 1 aliphatic heterocycles. The van der Waals surface area contributed by atoms with E-state index < -0.39 is 35.0 Å². The monoisotopic (exact) mass is 536 g/mol. The third kappa shape index (κ3) is 6.98. The molecule has 8 heteroatoms. The lowest BCUT2D eigenvalue weighted by molar-refractivity contribution is 0.00578. The van der Waals surface area contributed by atoms with Crippen LogP contribution in [0.25, 0.3) is 0 Å². The topological polar surface area (TPSA) is 46.2 Å². The standard InChI is InChI=1S/C28H53BO5Si2/c1-20(21(2)31-35(13,14)25(3,4)5)30-23-17-22(29-33-27(9,10)28(11,12)34-29)18-24(19-23)32-36(15,16)26(6,7)8/h17-21H,1-16H3. The van der Waals surface area contributed by atoms with E-state index in [1.165, 1.54) is 0 Å².